The quantitative estimate of drug-likeness (QED) is 0.436. The van der Waals surface area contributed by atoms with Crippen molar-refractivity contribution in [1.82, 2.24) is 5.43 Å². The summed E-state index contributed by atoms with van der Waals surface area (Å²) in [6.45, 7) is 1.32. The third-order valence-electron chi connectivity index (χ3n) is 3.94. The van der Waals surface area contributed by atoms with Crippen LogP contribution in [0.5, 0.6) is 0 Å². The Kier molecular flexibility index (Phi) is 6.68. The molecule has 0 bridgehead atoms. The lowest BCUT2D eigenvalue weighted by atomic mass is 10.3. The number of nitrogens with zero attached hydrogens (tertiary/aromatic N) is 2. The number of sulfonamides is 1. The van der Waals surface area contributed by atoms with Crippen molar-refractivity contribution >= 4 is 50.3 Å². The number of rotatable bonds is 7. The molecule has 0 aliphatic heterocycles. The van der Waals surface area contributed by atoms with E-state index in [1.165, 1.54) is 29.5 Å². The number of thiophene rings is 1. The van der Waals surface area contributed by atoms with Crippen molar-refractivity contribution in [1.29, 1.82) is 0 Å². The lowest BCUT2D eigenvalue weighted by Gasteiger charge is -2.23. The summed E-state index contributed by atoms with van der Waals surface area (Å²) in [5.41, 5.74) is 3.35. The Hall–Kier alpha value is -2.68. The second-order valence-electron chi connectivity index (χ2n) is 6.01. The minimum absolute atomic E-state index is 0.0750. The molecule has 1 heterocycles. The molecule has 0 saturated heterocycles. The highest BCUT2D eigenvalue weighted by Crippen LogP contribution is 2.25. The number of amides is 1. The van der Waals surface area contributed by atoms with Crippen LogP contribution in [0.2, 0.25) is 5.02 Å². The molecular weight excluding hydrogens is 430 g/mol. The van der Waals surface area contributed by atoms with Crippen LogP contribution in [0.3, 0.4) is 0 Å². The van der Waals surface area contributed by atoms with Crippen molar-refractivity contribution in [3.63, 3.8) is 0 Å². The molecule has 6 nitrogen and oxygen atoms in total. The molecule has 0 radical (unpaired) electrons. The van der Waals surface area contributed by atoms with Crippen molar-refractivity contribution in [2.75, 3.05) is 10.8 Å². The van der Waals surface area contributed by atoms with Crippen LogP contribution in [-0.2, 0) is 14.8 Å². The number of carbonyl (C=O) groups excluding carboxylic acids is 1. The minimum Gasteiger partial charge on any atom is -0.271 e. The van der Waals surface area contributed by atoms with Gasteiger partial charge in [0.2, 0.25) is 0 Å². The fourth-order valence-electron chi connectivity index (χ4n) is 2.52. The third-order valence-corrected chi connectivity index (χ3v) is 6.94. The molecule has 0 unspecified atom stereocenters. The largest absolute Gasteiger partial charge is 0.271 e. The fraction of sp³-hybridized carbons (Fsp3) is 0.100. The summed E-state index contributed by atoms with van der Waals surface area (Å²) in [5.74, 6) is -0.569. The van der Waals surface area contributed by atoms with Gasteiger partial charge in [-0.25, -0.2) is 13.8 Å². The van der Waals surface area contributed by atoms with Crippen molar-refractivity contribution in [2.45, 2.75) is 11.8 Å². The normalized spacial score (nSPS) is 11.9. The van der Waals surface area contributed by atoms with Crippen LogP contribution in [0, 0.1) is 0 Å². The number of hydrogen-bond donors (Lipinski definition) is 1. The predicted molar refractivity (Wildman–Crippen MR) is 117 cm³/mol. The maximum absolute atomic E-state index is 13.2. The van der Waals surface area contributed by atoms with Gasteiger partial charge in [0, 0.05) is 9.90 Å². The van der Waals surface area contributed by atoms with Crippen LogP contribution in [0.25, 0.3) is 0 Å². The summed E-state index contributed by atoms with van der Waals surface area (Å²) in [7, 11) is -3.98. The number of carbonyl (C=O) groups is 1. The molecule has 2 aromatic carbocycles. The Morgan fingerprint density at radius 3 is 2.52 bits per heavy atom. The lowest BCUT2D eigenvalue weighted by molar-refractivity contribution is -0.119. The maximum atomic E-state index is 13.2. The average molecular weight is 448 g/mol. The first-order valence-corrected chi connectivity index (χ1v) is 11.3. The standard InChI is InChI=1S/C20H18ClN3O3S2/c1-15(19-11-6-12-28-19)22-23-20(25)14-24(17-8-5-7-16(21)13-17)29(26,27)18-9-3-2-4-10-18/h2-13H,14H2,1H3,(H,23,25)/b22-15+. The van der Waals surface area contributed by atoms with Gasteiger partial charge in [-0.15, -0.1) is 11.3 Å². The van der Waals surface area contributed by atoms with Gasteiger partial charge >= 0.3 is 0 Å². The number of benzene rings is 2. The molecule has 0 saturated carbocycles. The smallest absolute Gasteiger partial charge is 0.264 e. The minimum atomic E-state index is -3.98. The molecule has 3 rings (SSSR count). The van der Waals surface area contributed by atoms with Gasteiger partial charge in [0.15, 0.2) is 0 Å². The molecular formula is C20H18ClN3O3S2. The fourth-order valence-corrected chi connectivity index (χ4v) is 4.81. The highest BCUT2D eigenvalue weighted by atomic mass is 35.5. The van der Waals surface area contributed by atoms with Crippen molar-refractivity contribution < 1.29 is 13.2 Å². The van der Waals surface area contributed by atoms with Gasteiger partial charge in [0.05, 0.1) is 16.3 Å². The Bertz CT molecular complexity index is 1110. The van der Waals surface area contributed by atoms with Gasteiger partial charge < -0.3 is 0 Å². The van der Waals surface area contributed by atoms with Gasteiger partial charge in [0.1, 0.15) is 6.54 Å². The summed E-state index contributed by atoms with van der Waals surface area (Å²) in [4.78, 5) is 13.5. The molecule has 0 aliphatic rings. The summed E-state index contributed by atoms with van der Waals surface area (Å²) in [5, 5.41) is 6.34. The Balaban J connectivity index is 1.88. The van der Waals surface area contributed by atoms with Gasteiger partial charge in [-0.05, 0) is 48.7 Å². The van der Waals surface area contributed by atoms with E-state index in [0.717, 1.165) is 9.18 Å². The zero-order valence-electron chi connectivity index (χ0n) is 15.4. The Morgan fingerprint density at radius 2 is 1.86 bits per heavy atom. The monoisotopic (exact) mass is 447 g/mol. The topological polar surface area (TPSA) is 78.8 Å². The SMILES string of the molecule is C/C(=N\NC(=O)CN(c1cccc(Cl)c1)S(=O)(=O)c1ccccc1)c1cccs1. The first kappa shape index (κ1) is 21.0. The summed E-state index contributed by atoms with van der Waals surface area (Å²) >= 11 is 7.53. The highest BCUT2D eigenvalue weighted by Gasteiger charge is 2.27. The van der Waals surface area contributed by atoms with E-state index in [1.54, 1.807) is 43.3 Å². The summed E-state index contributed by atoms with van der Waals surface area (Å²) in [6, 6.07) is 18.0. The van der Waals surface area contributed by atoms with Gasteiger partial charge in [-0.3, -0.25) is 9.10 Å². The molecule has 1 amide bonds. The summed E-state index contributed by atoms with van der Waals surface area (Å²) in [6.07, 6.45) is 0. The zero-order chi connectivity index (χ0) is 20.9. The second-order valence-corrected chi connectivity index (χ2v) is 9.26. The van der Waals surface area contributed by atoms with Crippen LogP contribution in [0.15, 0.2) is 82.1 Å². The first-order valence-electron chi connectivity index (χ1n) is 8.58. The van der Waals surface area contributed by atoms with E-state index >= 15 is 0 Å². The molecule has 150 valence electrons. The number of halogens is 1. The molecule has 3 aromatic rings. The van der Waals surface area contributed by atoms with E-state index in [9.17, 15) is 13.2 Å². The van der Waals surface area contributed by atoms with Crippen LogP contribution in [-0.4, -0.2) is 26.6 Å². The van der Waals surface area contributed by atoms with Gasteiger partial charge in [-0.2, -0.15) is 5.10 Å². The molecule has 0 spiro atoms. The third kappa shape index (κ3) is 5.23. The van der Waals surface area contributed by atoms with Crippen LogP contribution in [0.4, 0.5) is 5.69 Å². The van der Waals surface area contributed by atoms with Gasteiger partial charge in [-0.1, -0.05) is 41.9 Å². The van der Waals surface area contributed by atoms with Crippen molar-refractivity contribution in [2.24, 2.45) is 5.10 Å². The maximum Gasteiger partial charge on any atom is 0.264 e. The van der Waals surface area contributed by atoms with E-state index in [4.69, 9.17) is 11.6 Å². The second kappa shape index (κ2) is 9.21. The summed E-state index contributed by atoms with van der Waals surface area (Å²) < 4.78 is 27.4. The van der Waals surface area contributed by atoms with E-state index in [2.05, 4.69) is 10.5 Å². The Morgan fingerprint density at radius 1 is 1.10 bits per heavy atom. The molecule has 1 N–H and O–H groups in total. The molecule has 0 fully saturated rings. The number of hydrogen-bond acceptors (Lipinski definition) is 5. The first-order chi connectivity index (χ1) is 13.9. The molecule has 29 heavy (non-hydrogen) atoms. The number of anilines is 1. The average Bonchev–Trinajstić information content (AvgIpc) is 3.26. The molecule has 1 aromatic heterocycles. The molecule has 0 aliphatic carbocycles. The van der Waals surface area contributed by atoms with E-state index in [-0.39, 0.29) is 10.6 Å². The predicted octanol–water partition coefficient (Wildman–Crippen LogP) is 4.14. The van der Waals surface area contributed by atoms with E-state index in [1.807, 2.05) is 17.5 Å². The van der Waals surface area contributed by atoms with Crippen LogP contribution >= 0.6 is 22.9 Å². The van der Waals surface area contributed by atoms with E-state index < -0.39 is 22.5 Å². The van der Waals surface area contributed by atoms with E-state index in [0.29, 0.717) is 10.7 Å². The lowest BCUT2D eigenvalue weighted by Crippen LogP contribution is -2.39. The van der Waals surface area contributed by atoms with Crippen LogP contribution < -0.4 is 9.73 Å². The number of hydrazone groups is 1. The Labute approximate surface area is 178 Å². The zero-order valence-corrected chi connectivity index (χ0v) is 17.8. The van der Waals surface area contributed by atoms with Gasteiger partial charge in [0.25, 0.3) is 15.9 Å². The number of nitrogens with one attached hydrogen (secondary N) is 1. The molecule has 9 heteroatoms. The van der Waals surface area contributed by atoms with Crippen molar-refractivity contribution in [3.05, 3.63) is 82.0 Å². The molecule has 0 atom stereocenters. The van der Waals surface area contributed by atoms with Crippen molar-refractivity contribution in [3.8, 4) is 0 Å². The highest BCUT2D eigenvalue weighted by molar-refractivity contribution is 7.92. The van der Waals surface area contributed by atoms with Crippen LogP contribution in [0.1, 0.15) is 11.8 Å².